The highest BCUT2D eigenvalue weighted by atomic mass is 35.5. The molecule has 2 unspecified atom stereocenters. The Morgan fingerprint density at radius 2 is 1.63 bits per heavy atom. The normalized spacial score (nSPS) is 19.7. The van der Waals surface area contributed by atoms with E-state index in [4.69, 9.17) is 17.3 Å². The number of rotatable bonds is 7. The summed E-state index contributed by atoms with van der Waals surface area (Å²) in [7, 11) is 0. The zero-order chi connectivity index (χ0) is 28.8. The van der Waals surface area contributed by atoms with E-state index < -0.39 is 5.41 Å². The van der Waals surface area contributed by atoms with Gasteiger partial charge in [-0.1, -0.05) is 86.1 Å². The standard InChI is InChI=1S/C34H31ClN4O2/c1-33(2,18-40)25-11-7-24(8-12-25)29-17-34(29)28-15-27(30(35)16-31(28)39-32(34)41)23-5-3-21(4-6-23)22-9-13-26(14-10-22)38-20-37-19-36/h3-16,19-20,29,40H,17-18H2,1-2H3,(H,39,41)(H2,36,37,38). The van der Waals surface area contributed by atoms with Gasteiger partial charge in [0.05, 0.1) is 29.1 Å². The summed E-state index contributed by atoms with van der Waals surface area (Å²) < 4.78 is 0. The minimum Gasteiger partial charge on any atom is -0.395 e. The highest BCUT2D eigenvalue weighted by Gasteiger charge is 2.65. The smallest absolute Gasteiger partial charge is 0.235 e. The Morgan fingerprint density at radius 1 is 1.00 bits per heavy atom. The molecule has 0 radical (unpaired) electrons. The van der Waals surface area contributed by atoms with Crippen molar-refractivity contribution in [3.8, 4) is 22.3 Å². The van der Waals surface area contributed by atoms with E-state index >= 15 is 0 Å². The van der Waals surface area contributed by atoms with Crippen LogP contribution < -0.4 is 11.1 Å². The maximum atomic E-state index is 13.3. The fourth-order valence-corrected chi connectivity index (χ4v) is 6.09. The Morgan fingerprint density at radius 3 is 2.27 bits per heavy atom. The molecule has 0 aromatic heterocycles. The van der Waals surface area contributed by atoms with Gasteiger partial charge in [0.2, 0.25) is 5.91 Å². The summed E-state index contributed by atoms with van der Waals surface area (Å²) in [6, 6.07) is 28.5. The molecule has 1 saturated carbocycles. The molecule has 4 N–H and O–H groups in total. The van der Waals surface area contributed by atoms with Gasteiger partial charge in [0, 0.05) is 22.6 Å². The highest BCUT2D eigenvalue weighted by Crippen LogP contribution is 2.65. The maximum Gasteiger partial charge on any atom is 0.235 e. The van der Waals surface area contributed by atoms with Crippen LogP contribution in [-0.2, 0) is 15.6 Å². The highest BCUT2D eigenvalue weighted by molar-refractivity contribution is 6.34. The first kappa shape index (κ1) is 26.9. The second kappa shape index (κ2) is 10.3. The van der Waals surface area contributed by atoms with Gasteiger partial charge in [0.25, 0.3) is 0 Å². The van der Waals surface area contributed by atoms with Crippen LogP contribution in [0.2, 0.25) is 5.02 Å². The number of carbonyl (C=O) groups is 1. The number of carbonyl (C=O) groups excluding carboxylic acids is 1. The lowest BCUT2D eigenvalue weighted by Gasteiger charge is -2.22. The second-order valence-electron chi connectivity index (χ2n) is 11.4. The van der Waals surface area contributed by atoms with Crippen LogP contribution in [0, 0.1) is 0 Å². The van der Waals surface area contributed by atoms with Crippen molar-refractivity contribution in [2.75, 3.05) is 11.9 Å². The molecule has 4 aromatic carbocycles. The number of aliphatic hydroxyl groups is 1. The van der Waals surface area contributed by atoms with Gasteiger partial charge in [-0.25, -0.2) is 9.98 Å². The van der Waals surface area contributed by atoms with Crippen LogP contribution in [0.1, 0.15) is 42.9 Å². The number of halogens is 1. The summed E-state index contributed by atoms with van der Waals surface area (Å²) in [6.07, 6.45) is 3.37. The Labute approximate surface area is 244 Å². The van der Waals surface area contributed by atoms with E-state index in [0.717, 1.165) is 56.7 Å². The van der Waals surface area contributed by atoms with Crippen LogP contribution in [0.3, 0.4) is 0 Å². The van der Waals surface area contributed by atoms with Gasteiger partial charge in [-0.15, -0.1) is 0 Å². The summed E-state index contributed by atoms with van der Waals surface area (Å²) in [6.45, 7) is 4.12. The van der Waals surface area contributed by atoms with Gasteiger partial charge >= 0.3 is 0 Å². The fraction of sp³-hybridized carbons (Fsp3) is 0.206. The van der Waals surface area contributed by atoms with Crippen molar-refractivity contribution in [2.24, 2.45) is 15.7 Å². The van der Waals surface area contributed by atoms with Gasteiger partial charge in [-0.3, -0.25) is 4.79 Å². The molecule has 1 spiro atoms. The van der Waals surface area contributed by atoms with Crippen molar-refractivity contribution >= 4 is 41.6 Å². The number of nitrogens with zero attached hydrogens (tertiary/aromatic N) is 2. The summed E-state index contributed by atoms with van der Waals surface area (Å²) >= 11 is 6.75. The minimum atomic E-state index is -0.581. The number of fused-ring (bicyclic) bond motifs is 2. The monoisotopic (exact) mass is 562 g/mol. The van der Waals surface area contributed by atoms with E-state index in [1.165, 1.54) is 12.7 Å². The third kappa shape index (κ3) is 4.73. The van der Waals surface area contributed by atoms with Crippen molar-refractivity contribution in [2.45, 2.75) is 37.0 Å². The van der Waals surface area contributed by atoms with Gasteiger partial charge in [0.1, 0.15) is 6.34 Å². The van der Waals surface area contributed by atoms with E-state index in [-0.39, 0.29) is 23.8 Å². The molecule has 4 aromatic rings. The minimum absolute atomic E-state index is 0.0310. The summed E-state index contributed by atoms with van der Waals surface area (Å²) in [5, 5.41) is 13.4. The predicted octanol–water partition coefficient (Wildman–Crippen LogP) is 6.97. The zero-order valence-electron chi connectivity index (χ0n) is 22.9. The number of nitrogens with one attached hydrogen (secondary N) is 1. The Balaban J connectivity index is 1.27. The van der Waals surface area contributed by atoms with E-state index in [1.54, 1.807) is 0 Å². The van der Waals surface area contributed by atoms with Crippen LogP contribution in [0.4, 0.5) is 11.4 Å². The van der Waals surface area contributed by atoms with Crippen LogP contribution >= 0.6 is 11.6 Å². The van der Waals surface area contributed by atoms with Crippen molar-refractivity contribution in [3.05, 3.63) is 107 Å². The zero-order valence-corrected chi connectivity index (χ0v) is 23.7. The number of benzene rings is 4. The molecule has 6 nitrogen and oxygen atoms in total. The first-order chi connectivity index (χ1) is 19.8. The molecule has 0 saturated heterocycles. The molecule has 206 valence electrons. The fourth-order valence-electron chi connectivity index (χ4n) is 5.82. The number of hydrogen-bond donors (Lipinski definition) is 3. The van der Waals surface area contributed by atoms with E-state index in [1.807, 2.05) is 44.2 Å². The van der Waals surface area contributed by atoms with Gasteiger partial charge in [-0.05, 0) is 64.1 Å². The molecule has 1 fully saturated rings. The number of amides is 1. The van der Waals surface area contributed by atoms with E-state index in [9.17, 15) is 9.90 Å². The molecule has 0 bridgehead atoms. The average Bonchev–Trinajstić information content (AvgIpc) is 3.69. The lowest BCUT2D eigenvalue weighted by Crippen LogP contribution is -2.22. The lowest BCUT2D eigenvalue weighted by atomic mass is 9.84. The van der Waals surface area contributed by atoms with E-state index in [2.05, 4.69) is 69.9 Å². The molecule has 1 aliphatic heterocycles. The van der Waals surface area contributed by atoms with Crippen LogP contribution in [0.15, 0.2) is 94.9 Å². The third-order valence-electron chi connectivity index (χ3n) is 8.45. The first-order valence-corrected chi connectivity index (χ1v) is 14.0. The molecular weight excluding hydrogens is 532 g/mol. The molecule has 1 amide bonds. The Kier molecular flexibility index (Phi) is 6.76. The Bertz CT molecular complexity index is 1680. The van der Waals surface area contributed by atoms with E-state index in [0.29, 0.717) is 5.02 Å². The van der Waals surface area contributed by atoms with Crippen molar-refractivity contribution in [1.29, 1.82) is 0 Å². The quantitative estimate of drug-likeness (QED) is 0.167. The molecule has 1 aliphatic carbocycles. The average molecular weight is 563 g/mol. The van der Waals surface area contributed by atoms with Crippen LogP contribution in [0.25, 0.3) is 22.3 Å². The first-order valence-electron chi connectivity index (χ1n) is 13.6. The number of anilines is 1. The summed E-state index contributed by atoms with van der Waals surface area (Å²) in [4.78, 5) is 21.3. The SMILES string of the molecule is CC(C)(CO)c1ccc(C2CC23C(=O)Nc2cc(Cl)c(-c4ccc(-c5ccc(N=CN=CN)cc5)cc4)cc23)cc1. The van der Waals surface area contributed by atoms with Gasteiger partial charge in [0.15, 0.2) is 0 Å². The molecule has 6 rings (SSSR count). The van der Waals surface area contributed by atoms with Crippen molar-refractivity contribution in [1.82, 2.24) is 0 Å². The third-order valence-corrected chi connectivity index (χ3v) is 8.76. The maximum absolute atomic E-state index is 13.3. The summed E-state index contributed by atoms with van der Waals surface area (Å²) in [5.41, 5.74) is 13.2. The molecule has 41 heavy (non-hydrogen) atoms. The number of aliphatic imine (C=N–C) groups is 2. The van der Waals surface area contributed by atoms with Crippen LogP contribution in [0.5, 0.6) is 0 Å². The number of aliphatic hydroxyl groups excluding tert-OH is 1. The largest absolute Gasteiger partial charge is 0.395 e. The number of nitrogens with two attached hydrogens (primary N) is 1. The van der Waals surface area contributed by atoms with Crippen LogP contribution in [-0.4, -0.2) is 30.3 Å². The number of hydrogen-bond acceptors (Lipinski definition) is 3. The molecule has 7 heteroatoms. The molecule has 2 aliphatic rings. The molecule has 2 atom stereocenters. The topological polar surface area (TPSA) is 100 Å². The van der Waals surface area contributed by atoms with Crippen molar-refractivity contribution in [3.63, 3.8) is 0 Å². The molecular formula is C34H31ClN4O2. The predicted molar refractivity (Wildman–Crippen MR) is 167 cm³/mol. The Hall–Kier alpha value is -4.26. The molecule has 1 heterocycles. The second-order valence-corrected chi connectivity index (χ2v) is 11.8. The summed E-state index contributed by atoms with van der Waals surface area (Å²) in [5.74, 6) is 0.129. The van der Waals surface area contributed by atoms with Crippen molar-refractivity contribution < 1.29 is 9.90 Å². The van der Waals surface area contributed by atoms with Gasteiger partial charge in [-0.2, -0.15) is 0 Å². The van der Waals surface area contributed by atoms with Gasteiger partial charge < -0.3 is 16.2 Å². The lowest BCUT2D eigenvalue weighted by molar-refractivity contribution is -0.118.